The first-order valence-corrected chi connectivity index (χ1v) is 20.5. The molecule has 0 atom stereocenters. The zero-order chi connectivity index (χ0) is 36.3. The molecule has 0 aliphatic carbocycles. The maximum absolute atomic E-state index is 11.9. The minimum atomic E-state index is -0.146. The third-order valence-corrected chi connectivity index (χ3v) is 8.31. The van der Waals surface area contributed by atoms with Crippen LogP contribution in [0, 0.1) is 0 Å². The van der Waals surface area contributed by atoms with E-state index in [9.17, 15) is 9.59 Å². The highest BCUT2D eigenvalue weighted by Gasteiger charge is 2.04. The van der Waals surface area contributed by atoms with Crippen molar-refractivity contribution in [3.05, 3.63) is 0 Å². The number of ether oxygens (including phenoxy) is 8. The first-order chi connectivity index (χ1) is 24.7. The zero-order valence-electron chi connectivity index (χ0n) is 32.5. The SMILES string of the molecule is CCCCCCCCCCCCCCCCCC(=O)OCCOCCOCCOCCOCCOCCOCCOC(=O)CCCCCCC. The number of carbonyl (C=O) groups is 2. The molecular formula is C40H78O10. The number of carbonyl (C=O) groups excluding carboxylic acids is 2. The van der Waals surface area contributed by atoms with Gasteiger partial charge < -0.3 is 37.9 Å². The van der Waals surface area contributed by atoms with E-state index < -0.39 is 0 Å². The highest BCUT2D eigenvalue weighted by Crippen LogP contribution is 2.14. The fraction of sp³-hybridized carbons (Fsp3) is 0.950. The zero-order valence-corrected chi connectivity index (χ0v) is 32.5. The van der Waals surface area contributed by atoms with Crippen molar-refractivity contribution in [3.8, 4) is 0 Å². The summed E-state index contributed by atoms with van der Waals surface area (Å²) >= 11 is 0. The highest BCUT2D eigenvalue weighted by molar-refractivity contribution is 5.69. The maximum Gasteiger partial charge on any atom is 0.305 e. The summed E-state index contributed by atoms with van der Waals surface area (Å²) in [6.07, 6.45) is 26.3. The topological polar surface area (TPSA) is 108 Å². The molecule has 0 spiro atoms. The summed E-state index contributed by atoms with van der Waals surface area (Å²) in [5, 5.41) is 0. The minimum Gasteiger partial charge on any atom is -0.463 e. The van der Waals surface area contributed by atoms with Gasteiger partial charge >= 0.3 is 11.9 Å². The molecule has 0 aromatic rings. The van der Waals surface area contributed by atoms with Crippen LogP contribution in [0.25, 0.3) is 0 Å². The van der Waals surface area contributed by atoms with Crippen LogP contribution in [0.4, 0.5) is 0 Å². The summed E-state index contributed by atoms with van der Waals surface area (Å²) in [6, 6.07) is 0. The maximum atomic E-state index is 11.9. The molecule has 0 rings (SSSR count). The van der Waals surface area contributed by atoms with Crippen molar-refractivity contribution < 1.29 is 47.5 Å². The molecule has 0 saturated carbocycles. The first kappa shape index (κ1) is 48.7. The molecule has 10 heteroatoms. The molecule has 50 heavy (non-hydrogen) atoms. The van der Waals surface area contributed by atoms with Crippen molar-refractivity contribution in [3.63, 3.8) is 0 Å². The van der Waals surface area contributed by atoms with Crippen LogP contribution in [0.3, 0.4) is 0 Å². The van der Waals surface area contributed by atoms with E-state index in [1.165, 1.54) is 103 Å². The van der Waals surface area contributed by atoms with Gasteiger partial charge in [0.1, 0.15) is 13.2 Å². The fourth-order valence-electron chi connectivity index (χ4n) is 5.29. The first-order valence-electron chi connectivity index (χ1n) is 20.5. The van der Waals surface area contributed by atoms with E-state index in [1.807, 2.05) is 0 Å². The fourth-order valence-corrected chi connectivity index (χ4v) is 5.29. The van der Waals surface area contributed by atoms with Gasteiger partial charge in [0.15, 0.2) is 0 Å². The lowest BCUT2D eigenvalue weighted by Gasteiger charge is -2.09. The van der Waals surface area contributed by atoms with Crippen molar-refractivity contribution in [1.82, 2.24) is 0 Å². The van der Waals surface area contributed by atoms with Crippen LogP contribution in [-0.2, 0) is 47.5 Å². The average Bonchev–Trinajstić information content (AvgIpc) is 3.12. The van der Waals surface area contributed by atoms with Gasteiger partial charge in [0.2, 0.25) is 0 Å². The van der Waals surface area contributed by atoms with Gasteiger partial charge in [-0.05, 0) is 12.8 Å². The van der Waals surface area contributed by atoms with Gasteiger partial charge in [0.05, 0.1) is 79.3 Å². The van der Waals surface area contributed by atoms with E-state index in [4.69, 9.17) is 37.9 Å². The van der Waals surface area contributed by atoms with Crippen LogP contribution in [0.15, 0.2) is 0 Å². The molecule has 298 valence electrons. The van der Waals surface area contributed by atoms with Gasteiger partial charge in [0, 0.05) is 12.8 Å². The third kappa shape index (κ3) is 42.9. The highest BCUT2D eigenvalue weighted by atomic mass is 16.6. The summed E-state index contributed by atoms with van der Waals surface area (Å²) in [6.45, 7) is 10.6. The predicted octanol–water partition coefficient (Wildman–Crippen LogP) is 8.79. The van der Waals surface area contributed by atoms with Crippen LogP contribution in [0.2, 0.25) is 0 Å². The van der Waals surface area contributed by atoms with E-state index in [0.717, 1.165) is 25.7 Å². The van der Waals surface area contributed by atoms with Crippen LogP contribution in [-0.4, -0.2) is 104 Å². The van der Waals surface area contributed by atoms with Crippen LogP contribution in [0.1, 0.15) is 155 Å². The molecule has 0 aliphatic rings. The Kier molecular flexibility index (Phi) is 42.7. The predicted molar refractivity (Wildman–Crippen MR) is 200 cm³/mol. The van der Waals surface area contributed by atoms with E-state index in [0.29, 0.717) is 92.1 Å². The van der Waals surface area contributed by atoms with Crippen molar-refractivity contribution in [2.24, 2.45) is 0 Å². The summed E-state index contributed by atoms with van der Waals surface area (Å²) < 4.78 is 43.2. The summed E-state index contributed by atoms with van der Waals surface area (Å²) in [7, 11) is 0. The number of hydrogen-bond acceptors (Lipinski definition) is 10. The largest absolute Gasteiger partial charge is 0.463 e. The molecule has 0 unspecified atom stereocenters. The van der Waals surface area contributed by atoms with Crippen molar-refractivity contribution in [2.75, 3.05) is 92.5 Å². The van der Waals surface area contributed by atoms with E-state index in [-0.39, 0.29) is 25.2 Å². The molecule has 0 bridgehead atoms. The normalized spacial score (nSPS) is 11.3. The van der Waals surface area contributed by atoms with Crippen LogP contribution >= 0.6 is 0 Å². The summed E-state index contributed by atoms with van der Waals surface area (Å²) in [4.78, 5) is 23.5. The molecule has 0 aromatic carbocycles. The second-order valence-corrected chi connectivity index (χ2v) is 13.0. The minimum absolute atomic E-state index is 0.131. The van der Waals surface area contributed by atoms with Crippen molar-refractivity contribution >= 4 is 11.9 Å². The molecule has 0 radical (unpaired) electrons. The monoisotopic (exact) mass is 719 g/mol. The molecule has 0 aliphatic heterocycles. The third-order valence-electron chi connectivity index (χ3n) is 8.31. The molecule has 0 heterocycles. The van der Waals surface area contributed by atoms with E-state index in [1.54, 1.807) is 0 Å². The second-order valence-electron chi connectivity index (χ2n) is 13.0. The molecule has 0 fully saturated rings. The Labute approximate surface area is 306 Å². The lowest BCUT2D eigenvalue weighted by molar-refractivity contribution is -0.146. The molecule has 0 saturated heterocycles. The summed E-state index contributed by atoms with van der Waals surface area (Å²) in [5.41, 5.74) is 0. The Morgan fingerprint density at radius 2 is 0.480 bits per heavy atom. The average molecular weight is 719 g/mol. The molecule has 0 amide bonds. The van der Waals surface area contributed by atoms with Crippen LogP contribution in [0.5, 0.6) is 0 Å². The standard InChI is InChI=1S/C40H78O10/c1-3-5-7-9-10-11-12-13-14-15-16-17-18-20-22-24-40(42)50-38-36-48-34-32-46-30-28-44-26-25-43-27-29-45-31-33-47-35-37-49-39(41)23-21-19-8-6-4-2/h3-38H2,1-2H3. The second kappa shape index (κ2) is 43.9. The summed E-state index contributed by atoms with van der Waals surface area (Å²) in [5.74, 6) is -0.276. The molecule has 10 nitrogen and oxygen atoms in total. The van der Waals surface area contributed by atoms with Gasteiger partial charge in [-0.25, -0.2) is 0 Å². The Hall–Kier alpha value is -1.30. The van der Waals surface area contributed by atoms with E-state index >= 15 is 0 Å². The molecule has 0 N–H and O–H groups in total. The Morgan fingerprint density at radius 1 is 0.280 bits per heavy atom. The number of hydrogen-bond donors (Lipinski definition) is 0. The Morgan fingerprint density at radius 3 is 0.720 bits per heavy atom. The number of rotatable bonds is 43. The lowest BCUT2D eigenvalue weighted by Crippen LogP contribution is -2.15. The van der Waals surface area contributed by atoms with Gasteiger partial charge in [-0.2, -0.15) is 0 Å². The van der Waals surface area contributed by atoms with Gasteiger partial charge in [0.25, 0.3) is 0 Å². The smallest absolute Gasteiger partial charge is 0.305 e. The Balaban J connectivity index is 3.17. The van der Waals surface area contributed by atoms with Crippen molar-refractivity contribution in [2.45, 2.75) is 155 Å². The van der Waals surface area contributed by atoms with Crippen molar-refractivity contribution in [1.29, 1.82) is 0 Å². The lowest BCUT2D eigenvalue weighted by atomic mass is 10.0. The molecule has 0 aromatic heterocycles. The van der Waals surface area contributed by atoms with Gasteiger partial charge in [-0.15, -0.1) is 0 Å². The number of unbranched alkanes of at least 4 members (excludes halogenated alkanes) is 18. The van der Waals surface area contributed by atoms with E-state index in [2.05, 4.69) is 13.8 Å². The van der Waals surface area contributed by atoms with Gasteiger partial charge in [-0.1, -0.05) is 129 Å². The Bertz CT molecular complexity index is 679. The van der Waals surface area contributed by atoms with Crippen LogP contribution < -0.4 is 0 Å². The molecular weight excluding hydrogens is 640 g/mol. The number of esters is 2. The quantitative estimate of drug-likeness (QED) is 0.0448. The van der Waals surface area contributed by atoms with Gasteiger partial charge in [-0.3, -0.25) is 9.59 Å².